The van der Waals surface area contributed by atoms with Crippen LogP contribution in [0.25, 0.3) is 0 Å². The van der Waals surface area contributed by atoms with E-state index in [0.29, 0.717) is 10.6 Å². The Morgan fingerprint density at radius 1 is 1.38 bits per heavy atom. The lowest BCUT2D eigenvalue weighted by molar-refractivity contribution is 0.624. The first kappa shape index (κ1) is 11.0. The second kappa shape index (κ2) is 4.17. The zero-order chi connectivity index (χ0) is 11.7. The fourth-order valence-electron chi connectivity index (χ4n) is 1.39. The van der Waals surface area contributed by atoms with Gasteiger partial charge in [-0.25, -0.2) is 4.39 Å². The topological polar surface area (TPSA) is 43.8 Å². The second-order valence-electron chi connectivity index (χ2n) is 3.53. The van der Waals surface area contributed by atoms with Gasteiger partial charge in [0.1, 0.15) is 5.82 Å². The van der Waals surface area contributed by atoms with Crippen molar-refractivity contribution in [2.24, 2.45) is 7.05 Å². The Morgan fingerprint density at radius 3 is 2.75 bits per heavy atom. The first-order valence-electron chi connectivity index (χ1n) is 4.80. The van der Waals surface area contributed by atoms with Crippen molar-refractivity contribution in [3.63, 3.8) is 0 Å². The van der Waals surface area contributed by atoms with Gasteiger partial charge >= 0.3 is 0 Å². The summed E-state index contributed by atoms with van der Waals surface area (Å²) in [6, 6.07) is 6.30. The lowest BCUT2D eigenvalue weighted by Gasteiger charge is -2.05. The molecule has 84 valence electrons. The quantitative estimate of drug-likeness (QED) is 0.816. The van der Waals surface area contributed by atoms with Crippen LogP contribution in [0.3, 0.4) is 0 Å². The molecule has 1 aromatic carbocycles. The first-order valence-corrected chi connectivity index (χ1v) is 5.61. The molecule has 1 aromatic heterocycles. The lowest BCUT2D eigenvalue weighted by atomic mass is 10.3. The summed E-state index contributed by atoms with van der Waals surface area (Å²) in [6.45, 7) is 1.92. The molecule has 0 amide bonds. The normalized spacial score (nSPS) is 10.7. The second-order valence-corrected chi connectivity index (χ2v) is 4.59. The van der Waals surface area contributed by atoms with Crippen LogP contribution < -0.4 is 5.73 Å². The number of anilines is 1. The van der Waals surface area contributed by atoms with E-state index in [1.54, 1.807) is 10.7 Å². The molecule has 3 nitrogen and oxygen atoms in total. The van der Waals surface area contributed by atoms with Crippen LogP contribution in [0.15, 0.2) is 34.2 Å². The molecule has 0 aliphatic rings. The average Bonchev–Trinajstić information content (AvgIpc) is 2.51. The van der Waals surface area contributed by atoms with Crippen molar-refractivity contribution in [3.8, 4) is 0 Å². The van der Waals surface area contributed by atoms with E-state index in [4.69, 9.17) is 5.73 Å². The molecule has 0 bridgehead atoms. The van der Waals surface area contributed by atoms with Crippen LogP contribution in [-0.4, -0.2) is 9.78 Å². The minimum atomic E-state index is -0.282. The molecule has 0 aliphatic heterocycles. The summed E-state index contributed by atoms with van der Waals surface area (Å²) < 4.78 is 14.8. The fourth-order valence-corrected chi connectivity index (χ4v) is 2.38. The Hall–Kier alpha value is -1.49. The van der Waals surface area contributed by atoms with Crippen LogP contribution >= 0.6 is 11.8 Å². The Balaban J connectivity index is 2.33. The number of aryl methyl sites for hydroxylation is 2. The third kappa shape index (κ3) is 2.19. The van der Waals surface area contributed by atoms with E-state index >= 15 is 0 Å². The molecule has 0 saturated heterocycles. The standard InChI is InChI=1S/C11H12FN3S/c1-7-5-11(15(2)14-7)16-10-6-8(12)3-4-9(10)13/h3-6H,13H2,1-2H3. The molecule has 0 fully saturated rings. The largest absolute Gasteiger partial charge is 0.398 e. The van der Waals surface area contributed by atoms with E-state index in [-0.39, 0.29) is 5.82 Å². The number of nitrogens with zero attached hydrogens (tertiary/aromatic N) is 2. The molecule has 2 N–H and O–H groups in total. The maximum Gasteiger partial charge on any atom is 0.124 e. The summed E-state index contributed by atoms with van der Waals surface area (Å²) >= 11 is 1.41. The molecule has 0 atom stereocenters. The highest BCUT2D eigenvalue weighted by Crippen LogP contribution is 2.32. The van der Waals surface area contributed by atoms with Crippen LogP contribution in [0.1, 0.15) is 5.69 Å². The summed E-state index contributed by atoms with van der Waals surface area (Å²) in [5.41, 5.74) is 7.28. The molecule has 0 unspecified atom stereocenters. The van der Waals surface area contributed by atoms with Crippen LogP contribution in [0, 0.1) is 12.7 Å². The van der Waals surface area contributed by atoms with Gasteiger partial charge in [0, 0.05) is 17.6 Å². The third-order valence-corrected chi connectivity index (χ3v) is 3.31. The molecule has 0 aliphatic carbocycles. The monoisotopic (exact) mass is 237 g/mol. The van der Waals surface area contributed by atoms with E-state index in [2.05, 4.69) is 5.10 Å². The van der Waals surface area contributed by atoms with Gasteiger partial charge in [-0.2, -0.15) is 5.10 Å². The van der Waals surface area contributed by atoms with Crippen molar-refractivity contribution in [1.82, 2.24) is 9.78 Å². The van der Waals surface area contributed by atoms with Gasteiger partial charge in [-0.3, -0.25) is 4.68 Å². The molecular formula is C11H12FN3S. The minimum Gasteiger partial charge on any atom is -0.398 e. The average molecular weight is 237 g/mol. The maximum atomic E-state index is 13.1. The Bertz CT molecular complexity index is 522. The molecular weight excluding hydrogens is 225 g/mol. The summed E-state index contributed by atoms with van der Waals surface area (Å²) in [5, 5.41) is 5.16. The number of benzene rings is 1. The van der Waals surface area contributed by atoms with Crippen LogP contribution in [-0.2, 0) is 7.05 Å². The summed E-state index contributed by atoms with van der Waals surface area (Å²) in [4.78, 5) is 0.711. The molecule has 16 heavy (non-hydrogen) atoms. The van der Waals surface area contributed by atoms with Gasteiger partial charge in [0.05, 0.1) is 10.7 Å². The number of rotatable bonds is 2. The van der Waals surface area contributed by atoms with E-state index < -0.39 is 0 Å². The van der Waals surface area contributed by atoms with Gasteiger partial charge in [0.2, 0.25) is 0 Å². The predicted octanol–water partition coefficient (Wildman–Crippen LogP) is 2.60. The number of nitrogens with two attached hydrogens (primary N) is 1. The molecule has 1 heterocycles. The van der Waals surface area contributed by atoms with E-state index in [9.17, 15) is 4.39 Å². The smallest absolute Gasteiger partial charge is 0.124 e. The van der Waals surface area contributed by atoms with Gasteiger partial charge < -0.3 is 5.73 Å². The number of nitrogen functional groups attached to an aromatic ring is 1. The van der Waals surface area contributed by atoms with Crippen LogP contribution in [0.2, 0.25) is 0 Å². The molecule has 0 spiro atoms. The molecule has 2 aromatic rings. The molecule has 0 saturated carbocycles. The highest BCUT2D eigenvalue weighted by molar-refractivity contribution is 7.99. The van der Waals surface area contributed by atoms with E-state index in [1.807, 2.05) is 20.0 Å². The number of aromatic nitrogens is 2. The van der Waals surface area contributed by atoms with Gasteiger partial charge in [-0.05, 0) is 31.2 Å². The Morgan fingerprint density at radius 2 is 2.12 bits per heavy atom. The Labute approximate surface area is 97.5 Å². The lowest BCUT2D eigenvalue weighted by Crippen LogP contribution is -1.94. The number of hydrogen-bond donors (Lipinski definition) is 1. The van der Waals surface area contributed by atoms with Gasteiger partial charge in [-0.1, -0.05) is 11.8 Å². The van der Waals surface area contributed by atoms with Gasteiger partial charge in [0.15, 0.2) is 0 Å². The van der Waals surface area contributed by atoms with Crippen molar-refractivity contribution in [3.05, 3.63) is 35.8 Å². The summed E-state index contributed by atoms with van der Waals surface area (Å²) in [5.74, 6) is -0.282. The summed E-state index contributed by atoms with van der Waals surface area (Å²) in [7, 11) is 1.85. The zero-order valence-corrected chi connectivity index (χ0v) is 9.88. The van der Waals surface area contributed by atoms with Crippen molar-refractivity contribution in [2.75, 3.05) is 5.73 Å². The van der Waals surface area contributed by atoms with E-state index in [0.717, 1.165) is 10.7 Å². The number of hydrogen-bond acceptors (Lipinski definition) is 3. The van der Waals surface area contributed by atoms with E-state index in [1.165, 1.54) is 23.9 Å². The first-order chi connectivity index (χ1) is 7.56. The molecule has 5 heteroatoms. The maximum absolute atomic E-state index is 13.1. The van der Waals surface area contributed by atoms with Crippen molar-refractivity contribution in [2.45, 2.75) is 16.8 Å². The third-order valence-electron chi connectivity index (χ3n) is 2.15. The van der Waals surface area contributed by atoms with Crippen molar-refractivity contribution >= 4 is 17.4 Å². The zero-order valence-electron chi connectivity index (χ0n) is 9.07. The highest BCUT2D eigenvalue weighted by atomic mass is 32.2. The minimum absolute atomic E-state index is 0.282. The highest BCUT2D eigenvalue weighted by Gasteiger charge is 2.07. The number of halogens is 1. The predicted molar refractivity (Wildman–Crippen MR) is 62.9 cm³/mol. The molecule has 2 rings (SSSR count). The molecule has 0 radical (unpaired) electrons. The van der Waals surface area contributed by atoms with Crippen LogP contribution in [0.4, 0.5) is 10.1 Å². The Kier molecular flexibility index (Phi) is 2.87. The van der Waals surface area contributed by atoms with Crippen molar-refractivity contribution in [1.29, 1.82) is 0 Å². The van der Waals surface area contributed by atoms with Crippen LogP contribution in [0.5, 0.6) is 0 Å². The van der Waals surface area contributed by atoms with Crippen molar-refractivity contribution < 1.29 is 4.39 Å². The van der Waals surface area contributed by atoms with Gasteiger partial charge in [-0.15, -0.1) is 0 Å². The SMILES string of the molecule is Cc1cc(Sc2cc(F)ccc2N)n(C)n1. The van der Waals surface area contributed by atoms with Gasteiger partial charge in [0.25, 0.3) is 0 Å². The summed E-state index contributed by atoms with van der Waals surface area (Å²) in [6.07, 6.45) is 0. The fraction of sp³-hybridized carbons (Fsp3) is 0.182.